The minimum Gasteiger partial charge on any atom is -0.497 e. The van der Waals surface area contributed by atoms with E-state index in [1.165, 1.54) is 20.4 Å². The molecule has 0 radical (unpaired) electrons. The van der Waals surface area contributed by atoms with Crippen LogP contribution < -0.4 is 4.74 Å². The minimum absolute atomic E-state index is 0.112. The summed E-state index contributed by atoms with van der Waals surface area (Å²) in [5, 5.41) is 4.09. The highest BCUT2D eigenvalue weighted by Crippen LogP contribution is 2.32. The van der Waals surface area contributed by atoms with Crippen LogP contribution in [-0.2, 0) is 4.74 Å². The van der Waals surface area contributed by atoms with Crippen molar-refractivity contribution in [2.45, 2.75) is 0 Å². The van der Waals surface area contributed by atoms with E-state index in [1.807, 2.05) is 0 Å². The Balaban J connectivity index is 2.81. The van der Waals surface area contributed by atoms with Crippen LogP contribution >= 0.6 is 0 Å². The zero-order valence-electron chi connectivity index (χ0n) is 10.3. The maximum Gasteiger partial charge on any atom is 0.339 e. The van der Waals surface area contributed by atoms with Crippen LogP contribution in [0.5, 0.6) is 5.75 Å². The summed E-state index contributed by atoms with van der Waals surface area (Å²) in [5.41, 5.74) is 9.52. The van der Waals surface area contributed by atoms with Crippen LogP contribution in [0.1, 0.15) is 10.4 Å². The Morgan fingerprint density at radius 1 is 1.42 bits per heavy atom. The largest absolute Gasteiger partial charge is 0.497 e. The Morgan fingerprint density at radius 2 is 2.21 bits per heavy atom. The number of aromatic nitrogens is 1. The number of nitrogens with zero attached hydrogens (tertiary/aromatic N) is 4. The Hall–Kier alpha value is -2.79. The first-order valence-electron chi connectivity index (χ1n) is 5.31. The standard InChI is InChI=1S/C12H10N4O3/c1-18-7-3-4-10-8(5-7)11(15-16-13)9(6-14-10)12(17)19-2/h3-6H,1-2H3. The zero-order chi connectivity index (χ0) is 13.8. The second kappa shape index (κ2) is 5.24. The summed E-state index contributed by atoms with van der Waals surface area (Å²) >= 11 is 0. The van der Waals surface area contributed by atoms with Crippen molar-refractivity contribution in [1.82, 2.24) is 4.98 Å². The van der Waals surface area contributed by atoms with Crippen LogP contribution in [0, 0.1) is 0 Å². The number of benzene rings is 1. The maximum absolute atomic E-state index is 11.6. The molecule has 7 heteroatoms. The van der Waals surface area contributed by atoms with Crippen molar-refractivity contribution in [3.05, 3.63) is 40.4 Å². The van der Waals surface area contributed by atoms with Crippen LogP contribution in [0.25, 0.3) is 21.3 Å². The maximum atomic E-state index is 11.6. The molecule has 0 aliphatic heterocycles. The van der Waals surface area contributed by atoms with Gasteiger partial charge >= 0.3 is 5.97 Å². The van der Waals surface area contributed by atoms with Crippen molar-refractivity contribution in [3.63, 3.8) is 0 Å². The second-order valence-corrected chi connectivity index (χ2v) is 3.58. The Bertz CT molecular complexity index is 693. The summed E-state index contributed by atoms with van der Waals surface area (Å²) in [7, 11) is 2.77. The SMILES string of the molecule is COC(=O)c1cnc2ccc(OC)cc2c1N=[N+]=[N-]. The first-order chi connectivity index (χ1) is 9.21. The Morgan fingerprint density at radius 3 is 2.84 bits per heavy atom. The average molecular weight is 258 g/mol. The smallest absolute Gasteiger partial charge is 0.339 e. The molecule has 0 spiro atoms. The quantitative estimate of drug-likeness (QED) is 0.365. The molecule has 0 aliphatic carbocycles. The fourth-order valence-electron chi connectivity index (χ4n) is 1.70. The predicted molar refractivity (Wildman–Crippen MR) is 68.4 cm³/mol. The van der Waals surface area contributed by atoms with Gasteiger partial charge in [0.15, 0.2) is 0 Å². The summed E-state index contributed by atoms with van der Waals surface area (Å²) in [6, 6.07) is 5.09. The number of esters is 1. The highest BCUT2D eigenvalue weighted by molar-refractivity contribution is 6.03. The fourth-order valence-corrected chi connectivity index (χ4v) is 1.70. The summed E-state index contributed by atoms with van der Waals surface area (Å²) in [6.45, 7) is 0. The number of ether oxygens (including phenoxy) is 2. The van der Waals surface area contributed by atoms with E-state index in [1.54, 1.807) is 18.2 Å². The molecule has 0 fully saturated rings. The van der Waals surface area contributed by atoms with Gasteiger partial charge in [-0.15, -0.1) is 0 Å². The van der Waals surface area contributed by atoms with E-state index in [4.69, 9.17) is 10.3 Å². The van der Waals surface area contributed by atoms with Crippen molar-refractivity contribution >= 4 is 22.6 Å². The van der Waals surface area contributed by atoms with Gasteiger partial charge in [0.1, 0.15) is 5.75 Å². The van der Waals surface area contributed by atoms with E-state index in [9.17, 15) is 4.79 Å². The number of carbonyl (C=O) groups excluding carboxylic acids is 1. The molecule has 2 rings (SSSR count). The number of pyridine rings is 1. The molecule has 0 N–H and O–H groups in total. The molecule has 0 atom stereocenters. The molecule has 0 saturated heterocycles. The van der Waals surface area contributed by atoms with Crippen molar-refractivity contribution in [3.8, 4) is 5.75 Å². The number of hydrogen-bond donors (Lipinski definition) is 0. The second-order valence-electron chi connectivity index (χ2n) is 3.58. The topological polar surface area (TPSA) is 97.2 Å². The number of azide groups is 1. The minimum atomic E-state index is -0.611. The molecule has 19 heavy (non-hydrogen) atoms. The lowest BCUT2D eigenvalue weighted by atomic mass is 10.1. The van der Waals surface area contributed by atoms with Gasteiger partial charge in [-0.1, -0.05) is 5.11 Å². The summed E-state index contributed by atoms with van der Waals surface area (Å²) < 4.78 is 9.74. The van der Waals surface area contributed by atoms with Crippen molar-refractivity contribution in [1.29, 1.82) is 0 Å². The van der Waals surface area contributed by atoms with Gasteiger partial charge in [0.2, 0.25) is 0 Å². The van der Waals surface area contributed by atoms with Crippen molar-refractivity contribution in [2.24, 2.45) is 5.11 Å². The zero-order valence-corrected chi connectivity index (χ0v) is 10.3. The lowest BCUT2D eigenvalue weighted by Crippen LogP contribution is -2.02. The first-order valence-corrected chi connectivity index (χ1v) is 5.31. The molecular formula is C12H10N4O3. The molecule has 0 saturated carbocycles. The van der Waals surface area contributed by atoms with Gasteiger partial charge in [-0.05, 0) is 23.7 Å². The highest BCUT2D eigenvalue weighted by Gasteiger charge is 2.15. The molecule has 1 heterocycles. The monoisotopic (exact) mass is 258 g/mol. The third-order valence-corrected chi connectivity index (χ3v) is 2.60. The molecule has 0 aliphatic rings. The van der Waals surface area contributed by atoms with Crippen LogP contribution in [0.2, 0.25) is 0 Å². The predicted octanol–water partition coefficient (Wildman–Crippen LogP) is 2.97. The number of fused-ring (bicyclic) bond motifs is 1. The normalized spacial score (nSPS) is 9.79. The van der Waals surface area contributed by atoms with E-state index < -0.39 is 5.97 Å². The van der Waals surface area contributed by atoms with Crippen molar-refractivity contribution in [2.75, 3.05) is 14.2 Å². The number of methoxy groups -OCH3 is 2. The van der Waals surface area contributed by atoms with E-state index in [-0.39, 0.29) is 11.3 Å². The van der Waals surface area contributed by atoms with E-state index in [0.29, 0.717) is 16.7 Å². The van der Waals surface area contributed by atoms with Crippen LogP contribution in [0.3, 0.4) is 0 Å². The van der Waals surface area contributed by atoms with Crippen LogP contribution in [-0.4, -0.2) is 25.2 Å². The Kier molecular flexibility index (Phi) is 3.49. The third-order valence-electron chi connectivity index (χ3n) is 2.60. The number of carbonyl (C=O) groups is 1. The molecule has 0 unspecified atom stereocenters. The summed E-state index contributed by atoms with van der Waals surface area (Å²) in [4.78, 5) is 18.5. The van der Waals surface area contributed by atoms with Gasteiger partial charge in [0, 0.05) is 16.5 Å². The molecule has 0 bridgehead atoms. The van der Waals surface area contributed by atoms with E-state index in [0.717, 1.165) is 0 Å². The molecule has 1 aromatic carbocycles. The molecule has 2 aromatic rings. The van der Waals surface area contributed by atoms with Crippen molar-refractivity contribution < 1.29 is 14.3 Å². The molecule has 0 amide bonds. The average Bonchev–Trinajstić information content (AvgIpc) is 2.46. The number of rotatable bonds is 3. The van der Waals surface area contributed by atoms with Gasteiger partial charge < -0.3 is 9.47 Å². The van der Waals surface area contributed by atoms with E-state index >= 15 is 0 Å². The highest BCUT2D eigenvalue weighted by atomic mass is 16.5. The van der Waals surface area contributed by atoms with E-state index in [2.05, 4.69) is 19.7 Å². The van der Waals surface area contributed by atoms with Gasteiger partial charge in [0.05, 0.1) is 31.0 Å². The third kappa shape index (κ3) is 2.27. The van der Waals surface area contributed by atoms with Gasteiger partial charge in [-0.3, -0.25) is 4.98 Å². The van der Waals surface area contributed by atoms with Gasteiger partial charge in [-0.2, -0.15) is 0 Å². The molecular weight excluding hydrogens is 248 g/mol. The van der Waals surface area contributed by atoms with Gasteiger partial charge in [0.25, 0.3) is 0 Å². The van der Waals surface area contributed by atoms with Gasteiger partial charge in [-0.25, -0.2) is 4.79 Å². The lowest BCUT2D eigenvalue weighted by Gasteiger charge is -2.08. The molecule has 7 nitrogen and oxygen atoms in total. The Labute approximate surface area is 108 Å². The van der Waals surface area contributed by atoms with Crippen LogP contribution in [0.15, 0.2) is 29.5 Å². The summed E-state index contributed by atoms with van der Waals surface area (Å²) in [6.07, 6.45) is 1.32. The van der Waals surface area contributed by atoms with Crippen LogP contribution in [0.4, 0.5) is 5.69 Å². The summed E-state index contributed by atoms with van der Waals surface area (Å²) in [5.74, 6) is -0.0367. The first kappa shape index (κ1) is 12.7. The molecule has 1 aromatic heterocycles. The number of hydrogen-bond acceptors (Lipinski definition) is 5. The lowest BCUT2D eigenvalue weighted by molar-refractivity contribution is 0.0601. The molecule has 96 valence electrons. The fraction of sp³-hybridized carbons (Fsp3) is 0.167.